The molecule has 0 aliphatic rings. The molecule has 0 saturated heterocycles. The van der Waals surface area contributed by atoms with Gasteiger partial charge in [0.05, 0.1) is 6.42 Å². The molecule has 2 rings (SSSR count). The van der Waals surface area contributed by atoms with Gasteiger partial charge >= 0.3 is 5.97 Å². The summed E-state index contributed by atoms with van der Waals surface area (Å²) in [6, 6.07) is 16.4. The second-order valence-corrected chi connectivity index (χ2v) is 6.27. The Morgan fingerprint density at radius 1 is 0.957 bits per heavy atom. The molecule has 0 heterocycles. The van der Waals surface area contributed by atoms with E-state index in [1.54, 1.807) is 0 Å². The molecule has 0 spiro atoms. The molecule has 0 fully saturated rings. The maximum Gasteiger partial charge on any atom is 0.310 e. The number of aryl methyl sites for hydroxylation is 1. The molecule has 0 aromatic heterocycles. The summed E-state index contributed by atoms with van der Waals surface area (Å²) in [6.07, 6.45) is 1.22. The monoisotopic (exact) mass is 310 g/mol. The zero-order chi connectivity index (χ0) is 16.8. The minimum atomic E-state index is -0.220. The van der Waals surface area contributed by atoms with Crippen LogP contribution in [0.1, 0.15) is 61.5 Å². The van der Waals surface area contributed by atoms with E-state index in [1.165, 1.54) is 11.1 Å². The van der Waals surface area contributed by atoms with Crippen LogP contribution in [0.25, 0.3) is 0 Å². The van der Waals surface area contributed by atoms with Crippen LogP contribution < -0.4 is 0 Å². The van der Waals surface area contributed by atoms with Crippen molar-refractivity contribution in [1.29, 1.82) is 0 Å². The highest BCUT2D eigenvalue weighted by atomic mass is 16.5. The zero-order valence-electron chi connectivity index (χ0n) is 14.5. The van der Waals surface area contributed by atoms with Crippen LogP contribution in [0.3, 0.4) is 0 Å². The predicted molar refractivity (Wildman–Crippen MR) is 94.5 cm³/mol. The molecule has 0 N–H and O–H groups in total. The van der Waals surface area contributed by atoms with Crippen molar-refractivity contribution in [1.82, 2.24) is 0 Å². The van der Waals surface area contributed by atoms with E-state index in [-0.39, 0.29) is 12.1 Å². The van der Waals surface area contributed by atoms with Crippen LogP contribution in [0.4, 0.5) is 0 Å². The van der Waals surface area contributed by atoms with Crippen molar-refractivity contribution in [2.45, 2.75) is 52.6 Å². The fourth-order valence-corrected chi connectivity index (χ4v) is 2.51. The van der Waals surface area contributed by atoms with Crippen LogP contribution in [-0.4, -0.2) is 5.97 Å². The van der Waals surface area contributed by atoms with Gasteiger partial charge in [0, 0.05) is 0 Å². The van der Waals surface area contributed by atoms with E-state index in [0.717, 1.165) is 17.5 Å². The van der Waals surface area contributed by atoms with Crippen molar-refractivity contribution in [2.75, 3.05) is 0 Å². The van der Waals surface area contributed by atoms with Crippen LogP contribution in [0.15, 0.2) is 48.5 Å². The number of carbonyl (C=O) groups excluding carboxylic acids is 1. The van der Waals surface area contributed by atoms with Gasteiger partial charge in [-0.2, -0.15) is 0 Å². The van der Waals surface area contributed by atoms with Crippen LogP contribution in [-0.2, 0) is 16.0 Å². The van der Waals surface area contributed by atoms with Gasteiger partial charge in [-0.15, -0.1) is 0 Å². The topological polar surface area (TPSA) is 26.3 Å². The van der Waals surface area contributed by atoms with E-state index in [0.29, 0.717) is 12.3 Å². The van der Waals surface area contributed by atoms with Crippen molar-refractivity contribution >= 4 is 5.97 Å². The van der Waals surface area contributed by atoms with Crippen LogP contribution in [0.2, 0.25) is 0 Å². The van der Waals surface area contributed by atoms with Gasteiger partial charge in [0.2, 0.25) is 0 Å². The molecule has 2 unspecified atom stereocenters. The standard InChI is InChI=1S/C21H26O2/c1-5-16(3)19-12-8-18(9-13-19)14-21(22)23-17(4)20-10-6-15(2)7-11-20/h6-13,16-17H,5,14H2,1-4H3. The molecule has 0 aliphatic heterocycles. The molecule has 23 heavy (non-hydrogen) atoms. The molecule has 0 aliphatic carbocycles. The molecule has 122 valence electrons. The van der Waals surface area contributed by atoms with E-state index in [4.69, 9.17) is 4.74 Å². The third-order valence-electron chi connectivity index (χ3n) is 4.36. The summed E-state index contributed by atoms with van der Waals surface area (Å²) in [5.41, 5.74) is 4.54. The Morgan fingerprint density at radius 3 is 2.09 bits per heavy atom. The molecule has 0 radical (unpaired) electrons. The van der Waals surface area contributed by atoms with E-state index in [9.17, 15) is 4.79 Å². The maximum absolute atomic E-state index is 12.1. The summed E-state index contributed by atoms with van der Waals surface area (Å²) in [4.78, 5) is 12.1. The molecule has 2 heteroatoms. The third kappa shape index (κ3) is 4.95. The van der Waals surface area contributed by atoms with Crippen molar-refractivity contribution in [3.05, 3.63) is 70.8 Å². The van der Waals surface area contributed by atoms with Gasteiger partial charge in [0.15, 0.2) is 0 Å². The highest BCUT2D eigenvalue weighted by Crippen LogP contribution is 2.20. The minimum Gasteiger partial charge on any atom is -0.458 e. The molecule has 2 aromatic carbocycles. The molecule has 0 saturated carbocycles. The van der Waals surface area contributed by atoms with Gasteiger partial charge in [0.25, 0.3) is 0 Å². The highest BCUT2D eigenvalue weighted by Gasteiger charge is 2.12. The van der Waals surface area contributed by atoms with Gasteiger partial charge in [-0.1, -0.05) is 67.9 Å². The number of benzene rings is 2. The molecule has 2 aromatic rings. The zero-order valence-corrected chi connectivity index (χ0v) is 14.5. The van der Waals surface area contributed by atoms with Crippen molar-refractivity contribution < 1.29 is 9.53 Å². The molecular weight excluding hydrogens is 284 g/mol. The van der Waals surface area contributed by atoms with Crippen LogP contribution in [0, 0.1) is 6.92 Å². The lowest BCUT2D eigenvalue weighted by atomic mass is 9.97. The summed E-state index contributed by atoms with van der Waals surface area (Å²) in [5, 5.41) is 0. The van der Waals surface area contributed by atoms with Crippen LogP contribution >= 0.6 is 0 Å². The summed E-state index contributed by atoms with van der Waals surface area (Å²) in [5.74, 6) is 0.368. The largest absolute Gasteiger partial charge is 0.458 e. The smallest absolute Gasteiger partial charge is 0.310 e. The van der Waals surface area contributed by atoms with Gasteiger partial charge in [-0.05, 0) is 42.9 Å². The van der Waals surface area contributed by atoms with Crippen molar-refractivity contribution in [3.8, 4) is 0 Å². The van der Waals surface area contributed by atoms with E-state index in [2.05, 4.69) is 26.0 Å². The fourth-order valence-electron chi connectivity index (χ4n) is 2.51. The molecular formula is C21H26O2. The number of ether oxygens (including phenoxy) is 1. The Labute approximate surface area is 139 Å². The van der Waals surface area contributed by atoms with Crippen molar-refractivity contribution in [2.24, 2.45) is 0 Å². The average molecular weight is 310 g/mol. The average Bonchev–Trinajstić information content (AvgIpc) is 2.55. The number of hydrogen-bond donors (Lipinski definition) is 0. The Hall–Kier alpha value is -2.09. The first-order valence-corrected chi connectivity index (χ1v) is 8.34. The highest BCUT2D eigenvalue weighted by molar-refractivity contribution is 5.72. The summed E-state index contributed by atoms with van der Waals surface area (Å²) < 4.78 is 5.54. The summed E-state index contributed by atoms with van der Waals surface area (Å²) in [6.45, 7) is 8.35. The van der Waals surface area contributed by atoms with E-state index >= 15 is 0 Å². The number of carbonyl (C=O) groups is 1. The molecule has 0 amide bonds. The fraction of sp³-hybridized carbons (Fsp3) is 0.381. The first kappa shape index (κ1) is 17.3. The van der Waals surface area contributed by atoms with Gasteiger partial charge in [0.1, 0.15) is 6.10 Å². The number of rotatable bonds is 6. The Morgan fingerprint density at radius 2 is 1.52 bits per heavy atom. The van der Waals surface area contributed by atoms with E-state index in [1.807, 2.05) is 50.2 Å². The second kappa shape index (κ2) is 7.96. The lowest BCUT2D eigenvalue weighted by molar-refractivity contribution is -0.147. The Balaban J connectivity index is 1.92. The molecule has 2 atom stereocenters. The maximum atomic E-state index is 12.1. The molecule has 0 bridgehead atoms. The Bertz CT molecular complexity index is 626. The normalized spacial score (nSPS) is 13.4. The summed E-state index contributed by atoms with van der Waals surface area (Å²) in [7, 11) is 0. The summed E-state index contributed by atoms with van der Waals surface area (Å²) >= 11 is 0. The molecule has 2 nitrogen and oxygen atoms in total. The first-order chi connectivity index (χ1) is 11.0. The van der Waals surface area contributed by atoms with Gasteiger partial charge in [-0.25, -0.2) is 0 Å². The van der Waals surface area contributed by atoms with Gasteiger partial charge < -0.3 is 4.74 Å². The second-order valence-electron chi connectivity index (χ2n) is 6.27. The quantitative estimate of drug-likeness (QED) is 0.672. The number of hydrogen-bond acceptors (Lipinski definition) is 2. The third-order valence-corrected chi connectivity index (χ3v) is 4.36. The van der Waals surface area contributed by atoms with Crippen molar-refractivity contribution in [3.63, 3.8) is 0 Å². The SMILES string of the molecule is CCC(C)c1ccc(CC(=O)OC(C)c2ccc(C)cc2)cc1. The van der Waals surface area contributed by atoms with Crippen LogP contribution in [0.5, 0.6) is 0 Å². The van der Waals surface area contributed by atoms with Gasteiger partial charge in [-0.3, -0.25) is 4.79 Å². The Kier molecular flexibility index (Phi) is 5.97. The number of esters is 1. The van der Waals surface area contributed by atoms with E-state index < -0.39 is 0 Å². The minimum absolute atomic E-state index is 0.186. The lowest BCUT2D eigenvalue weighted by Gasteiger charge is -2.14. The first-order valence-electron chi connectivity index (χ1n) is 8.34. The lowest BCUT2D eigenvalue weighted by Crippen LogP contribution is -2.11. The predicted octanol–water partition coefficient (Wildman–Crippen LogP) is 5.36.